The molecule has 2 aromatic heterocycles. The number of hydrogen-bond donors (Lipinski definition) is 1. The molecule has 0 bridgehead atoms. The number of anilines is 1. The third-order valence-electron chi connectivity index (χ3n) is 4.65. The lowest BCUT2D eigenvalue weighted by Gasteiger charge is -2.39. The number of fused-ring (bicyclic) bond motifs is 1. The summed E-state index contributed by atoms with van der Waals surface area (Å²) >= 11 is 0. The van der Waals surface area contributed by atoms with Crippen molar-refractivity contribution in [2.45, 2.75) is 19.1 Å². The van der Waals surface area contributed by atoms with E-state index in [1.54, 1.807) is 4.52 Å². The van der Waals surface area contributed by atoms with Crippen molar-refractivity contribution in [1.82, 2.24) is 24.7 Å². The van der Waals surface area contributed by atoms with Gasteiger partial charge in [-0.25, -0.2) is 0 Å². The minimum atomic E-state index is 0.0562. The van der Waals surface area contributed by atoms with E-state index in [0.29, 0.717) is 6.54 Å². The summed E-state index contributed by atoms with van der Waals surface area (Å²) in [7, 11) is 2.15. The molecule has 0 amide bonds. The first kappa shape index (κ1) is 16.0. The predicted octanol–water partition coefficient (Wildman–Crippen LogP) is 1.92. The molecule has 1 saturated heterocycles. The first-order chi connectivity index (χ1) is 12.2. The Morgan fingerprint density at radius 3 is 2.84 bits per heavy atom. The van der Waals surface area contributed by atoms with Crippen molar-refractivity contribution >= 4 is 11.5 Å². The van der Waals surface area contributed by atoms with Gasteiger partial charge in [-0.15, -0.1) is 15.3 Å². The van der Waals surface area contributed by atoms with E-state index < -0.39 is 0 Å². The predicted molar refractivity (Wildman–Crippen MR) is 95.6 cm³/mol. The second kappa shape index (κ2) is 6.78. The van der Waals surface area contributed by atoms with Crippen LogP contribution in [0.2, 0.25) is 0 Å². The van der Waals surface area contributed by atoms with Gasteiger partial charge in [0.1, 0.15) is 5.82 Å². The molecule has 0 saturated carbocycles. The molecule has 1 N–H and O–H groups in total. The number of hydrogen-bond acceptors (Lipinski definition) is 6. The molecule has 25 heavy (non-hydrogen) atoms. The molecule has 7 heteroatoms. The van der Waals surface area contributed by atoms with Gasteiger partial charge in [-0.2, -0.15) is 4.52 Å². The van der Waals surface area contributed by atoms with Crippen molar-refractivity contribution in [3.05, 3.63) is 53.9 Å². The Morgan fingerprint density at radius 2 is 2.00 bits per heavy atom. The zero-order valence-corrected chi connectivity index (χ0v) is 14.5. The molecular formula is C18H22N6O. The highest BCUT2D eigenvalue weighted by atomic mass is 16.5. The lowest BCUT2D eigenvalue weighted by atomic mass is 9.98. The Hall–Kier alpha value is -2.51. The number of likely N-dealkylation sites (N-methyl/N-ethyl adjacent to an activating group) is 1. The average Bonchev–Trinajstić information content (AvgIpc) is 3.01. The maximum Gasteiger partial charge on any atom is 0.178 e. The van der Waals surface area contributed by atoms with Crippen LogP contribution in [0.3, 0.4) is 0 Å². The molecule has 0 unspecified atom stereocenters. The smallest absolute Gasteiger partial charge is 0.178 e. The Bertz CT molecular complexity index is 849. The van der Waals surface area contributed by atoms with E-state index in [4.69, 9.17) is 4.74 Å². The number of benzene rings is 1. The van der Waals surface area contributed by atoms with Crippen LogP contribution in [0, 0.1) is 6.92 Å². The second-order valence-electron chi connectivity index (χ2n) is 6.36. The lowest BCUT2D eigenvalue weighted by Crippen LogP contribution is -2.46. The topological polar surface area (TPSA) is 67.6 Å². The van der Waals surface area contributed by atoms with Gasteiger partial charge >= 0.3 is 0 Å². The Labute approximate surface area is 146 Å². The summed E-state index contributed by atoms with van der Waals surface area (Å²) in [5.74, 6) is 1.56. The van der Waals surface area contributed by atoms with Crippen molar-refractivity contribution in [2.75, 3.05) is 32.1 Å². The van der Waals surface area contributed by atoms with E-state index in [9.17, 15) is 0 Å². The van der Waals surface area contributed by atoms with Gasteiger partial charge in [0.2, 0.25) is 0 Å². The minimum absolute atomic E-state index is 0.0562. The Kier molecular flexibility index (Phi) is 4.33. The van der Waals surface area contributed by atoms with Crippen LogP contribution in [-0.4, -0.2) is 57.6 Å². The number of ether oxygens (including phenoxy) is 1. The zero-order valence-electron chi connectivity index (χ0n) is 14.5. The normalized spacial score (nSPS) is 21.5. The van der Waals surface area contributed by atoms with E-state index in [0.717, 1.165) is 30.4 Å². The quantitative estimate of drug-likeness (QED) is 0.784. The molecule has 7 nitrogen and oxygen atoms in total. The number of morpholine rings is 1. The van der Waals surface area contributed by atoms with Crippen LogP contribution in [0.25, 0.3) is 5.65 Å². The maximum atomic E-state index is 6.07. The van der Waals surface area contributed by atoms with Crippen LogP contribution in [0.15, 0.2) is 42.5 Å². The fourth-order valence-electron chi connectivity index (χ4n) is 3.35. The first-order valence-electron chi connectivity index (χ1n) is 8.52. The molecule has 3 heterocycles. The molecule has 1 fully saturated rings. The van der Waals surface area contributed by atoms with Crippen molar-refractivity contribution in [3.63, 3.8) is 0 Å². The summed E-state index contributed by atoms with van der Waals surface area (Å²) in [6.07, 6.45) is 0.0562. The minimum Gasteiger partial charge on any atom is -0.373 e. The third kappa shape index (κ3) is 3.20. The average molecular weight is 338 g/mol. The van der Waals surface area contributed by atoms with Crippen LogP contribution in [0.4, 0.5) is 5.82 Å². The van der Waals surface area contributed by atoms with Gasteiger partial charge in [-0.1, -0.05) is 30.3 Å². The molecule has 3 aromatic rings. The summed E-state index contributed by atoms with van der Waals surface area (Å²) in [6.45, 7) is 4.24. The Morgan fingerprint density at radius 1 is 1.16 bits per heavy atom. The summed E-state index contributed by atoms with van der Waals surface area (Å²) in [6, 6.07) is 14.6. The van der Waals surface area contributed by atoms with E-state index in [2.05, 4.69) is 56.8 Å². The van der Waals surface area contributed by atoms with Crippen molar-refractivity contribution in [1.29, 1.82) is 0 Å². The lowest BCUT2D eigenvalue weighted by molar-refractivity contribution is -0.0557. The van der Waals surface area contributed by atoms with Crippen molar-refractivity contribution in [3.8, 4) is 0 Å². The van der Waals surface area contributed by atoms with E-state index in [-0.39, 0.29) is 12.1 Å². The monoisotopic (exact) mass is 338 g/mol. The highest BCUT2D eigenvalue weighted by Gasteiger charge is 2.31. The number of aryl methyl sites for hydroxylation is 1. The highest BCUT2D eigenvalue weighted by molar-refractivity contribution is 5.44. The van der Waals surface area contributed by atoms with Crippen molar-refractivity contribution < 1.29 is 4.74 Å². The van der Waals surface area contributed by atoms with E-state index >= 15 is 0 Å². The molecular weight excluding hydrogens is 316 g/mol. The van der Waals surface area contributed by atoms with Crippen molar-refractivity contribution in [2.24, 2.45) is 0 Å². The maximum absolute atomic E-state index is 6.07. The molecule has 4 rings (SSSR count). The number of aromatic nitrogens is 4. The van der Waals surface area contributed by atoms with Gasteiger partial charge < -0.3 is 10.1 Å². The third-order valence-corrected chi connectivity index (χ3v) is 4.65. The summed E-state index contributed by atoms with van der Waals surface area (Å²) in [5, 5.41) is 16.1. The van der Waals surface area contributed by atoms with Crippen LogP contribution in [-0.2, 0) is 4.74 Å². The molecule has 0 spiro atoms. The molecule has 1 aromatic carbocycles. The standard InChI is InChI=1S/C18H22N6O/c1-13-20-21-17-9-8-16(22-24(13)17)19-12-15-18(23(2)10-11-25-15)14-6-4-3-5-7-14/h3-9,15,18H,10-12H2,1-2H3,(H,19,22)/t15-,18-/m0/s1. The fraction of sp³-hybridized carbons (Fsp3) is 0.389. The van der Waals surface area contributed by atoms with Crippen LogP contribution in [0.1, 0.15) is 17.4 Å². The van der Waals surface area contributed by atoms with Gasteiger partial charge in [0.05, 0.1) is 18.8 Å². The highest BCUT2D eigenvalue weighted by Crippen LogP contribution is 2.28. The molecule has 1 aliphatic heterocycles. The first-order valence-corrected chi connectivity index (χ1v) is 8.52. The Balaban J connectivity index is 1.52. The zero-order chi connectivity index (χ0) is 17.2. The van der Waals surface area contributed by atoms with Crippen LogP contribution < -0.4 is 5.32 Å². The molecule has 0 radical (unpaired) electrons. The van der Waals surface area contributed by atoms with E-state index in [1.807, 2.05) is 25.1 Å². The summed E-state index contributed by atoms with van der Waals surface area (Å²) in [4.78, 5) is 2.35. The van der Waals surface area contributed by atoms with Gasteiger partial charge in [-0.05, 0) is 31.7 Å². The fourth-order valence-corrected chi connectivity index (χ4v) is 3.35. The van der Waals surface area contributed by atoms with Gasteiger partial charge in [-0.3, -0.25) is 4.90 Å². The SMILES string of the molecule is Cc1nnc2ccc(NC[C@@H]3OCCN(C)[C@H]3c3ccccc3)nn12. The molecule has 0 aliphatic carbocycles. The molecule has 2 atom stereocenters. The van der Waals surface area contributed by atoms with Crippen LogP contribution >= 0.6 is 0 Å². The molecule has 130 valence electrons. The largest absolute Gasteiger partial charge is 0.373 e. The number of nitrogens with one attached hydrogen (secondary N) is 1. The van der Waals surface area contributed by atoms with E-state index in [1.165, 1.54) is 5.56 Å². The van der Waals surface area contributed by atoms with Gasteiger partial charge in [0.25, 0.3) is 0 Å². The number of rotatable bonds is 4. The summed E-state index contributed by atoms with van der Waals surface area (Å²) in [5.41, 5.74) is 2.02. The van der Waals surface area contributed by atoms with Gasteiger partial charge in [0, 0.05) is 13.1 Å². The summed E-state index contributed by atoms with van der Waals surface area (Å²) < 4.78 is 7.81. The van der Waals surface area contributed by atoms with Crippen LogP contribution in [0.5, 0.6) is 0 Å². The van der Waals surface area contributed by atoms with Gasteiger partial charge in [0.15, 0.2) is 11.5 Å². The number of nitrogens with zero attached hydrogens (tertiary/aromatic N) is 5. The second-order valence-corrected chi connectivity index (χ2v) is 6.36. The molecule has 1 aliphatic rings.